The summed E-state index contributed by atoms with van der Waals surface area (Å²) in [5.74, 6) is 0. The molecule has 2 aromatic heterocycles. The van der Waals surface area contributed by atoms with Gasteiger partial charge in [-0.15, -0.1) is 0 Å². The van der Waals surface area contributed by atoms with Crippen molar-refractivity contribution in [3.8, 4) is 0 Å². The molecule has 0 atom stereocenters. The number of fused-ring (bicyclic) bond motifs is 11. The van der Waals surface area contributed by atoms with Gasteiger partial charge >= 0.3 is 0 Å². The average Bonchev–Trinajstić information content (AvgIpc) is 3.66. The Labute approximate surface area is 292 Å². The molecule has 4 heterocycles. The van der Waals surface area contributed by atoms with Crippen LogP contribution in [0.25, 0.3) is 38.1 Å². The van der Waals surface area contributed by atoms with Gasteiger partial charge in [0.05, 0.1) is 16.6 Å². The Kier molecular flexibility index (Phi) is 5.47. The summed E-state index contributed by atoms with van der Waals surface area (Å²) in [6.07, 6.45) is 0. The van der Waals surface area contributed by atoms with Crippen molar-refractivity contribution in [3.05, 3.63) is 157 Å². The van der Waals surface area contributed by atoms with Crippen LogP contribution in [0, 0.1) is 0 Å². The molecule has 3 nitrogen and oxygen atoms in total. The highest BCUT2D eigenvalue weighted by atomic mass is 15.2. The van der Waals surface area contributed by atoms with Crippen LogP contribution in [0.3, 0.4) is 0 Å². The van der Waals surface area contributed by atoms with Crippen molar-refractivity contribution in [2.75, 3.05) is 9.80 Å². The minimum absolute atomic E-state index is 0.0452. The smallest absolute Gasteiger partial charge is 0.253 e. The van der Waals surface area contributed by atoms with Gasteiger partial charge in [-0.25, -0.2) is 0 Å². The van der Waals surface area contributed by atoms with Crippen LogP contribution < -0.4 is 26.2 Å². The van der Waals surface area contributed by atoms with Gasteiger partial charge < -0.3 is 14.2 Å². The van der Waals surface area contributed by atoms with Crippen molar-refractivity contribution in [1.82, 2.24) is 4.40 Å². The van der Waals surface area contributed by atoms with Crippen molar-refractivity contribution >= 4 is 95.3 Å². The zero-order valence-corrected chi connectivity index (χ0v) is 28.4. The van der Waals surface area contributed by atoms with Gasteiger partial charge in [-0.3, -0.25) is 0 Å². The fraction of sp³-hybridized carbons (Fsp3) is 0.0870. The maximum absolute atomic E-state index is 2.54. The number of aromatic nitrogens is 1. The molecule has 0 saturated heterocycles. The minimum Gasteiger partial charge on any atom is -0.311 e. The first-order valence-corrected chi connectivity index (χ1v) is 17.7. The highest BCUT2D eigenvalue weighted by molar-refractivity contribution is 7.02. The summed E-state index contributed by atoms with van der Waals surface area (Å²) in [7, 11) is 0. The Hall–Kier alpha value is -6.00. The van der Waals surface area contributed by atoms with E-state index in [2.05, 4.69) is 187 Å². The lowest BCUT2D eigenvalue weighted by Gasteiger charge is -2.44. The molecule has 50 heavy (non-hydrogen) atoms. The first-order valence-electron chi connectivity index (χ1n) is 17.7. The van der Waals surface area contributed by atoms with Crippen molar-refractivity contribution in [1.29, 1.82) is 0 Å². The first kappa shape index (κ1) is 27.9. The molecule has 0 saturated carbocycles. The number of para-hydroxylation sites is 4. The van der Waals surface area contributed by atoms with Gasteiger partial charge in [-0.05, 0) is 94.1 Å². The summed E-state index contributed by atoms with van der Waals surface area (Å²) >= 11 is 0. The molecule has 0 amide bonds. The largest absolute Gasteiger partial charge is 0.311 e. The number of nitrogens with zero attached hydrogens (tertiary/aromatic N) is 3. The molecule has 4 heteroatoms. The summed E-state index contributed by atoms with van der Waals surface area (Å²) in [5, 5.41) is 5.29. The van der Waals surface area contributed by atoms with Gasteiger partial charge in [0, 0.05) is 55.7 Å². The number of hydrogen-bond acceptors (Lipinski definition) is 2. The van der Waals surface area contributed by atoms with Crippen molar-refractivity contribution in [3.63, 3.8) is 0 Å². The third-order valence-electron chi connectivity index (χ3n) is 11.2. The van der Waals surface area contributed by atoms with E-state index in [-0.39, 0.29) is 12.1 Å². The first-order chi connectivity index (χ1) is 24.5. The summed E-state index contributed by atoms with van der Waals surface area (Å²) in [5.41, 5.74) is 16.6. The molecule has 11 rings (SSSR count). The van der Waals surface area contributed by atoms with Crippen molar-refractivity contribution in [2.24, 2.45) is 0 Å². The van der Waals surface area contributed by atoms with E-state index in [4.69, 9.17) is 0 Å². The van der Waals surface area contributed by atoms with E-state index in [1.807, 2.05) is 0 Å². The Bertz CT molecular complexity index is 2810. The quantitative estimate of drug-likeness (QED) is 0.174. The lowest BCUT2D eigenvalue weighted by Crippen LogP contribution is -2.61. The van der Waals surface area contributed by atoms with E-state index in [0.717, 1.165) is 0 Å². The van der Waals surface area contributed by atoms with Gasteiger partial charge in [0.15, 0.2) is 0 Å². The van der Waals surface area contributed by atoms with Crippen LogP contribution in [0.1, 0.15) is 26.3 Å². The molecular formula is C46H34BN3. The summed E-state index contributed by atoms with van der Waals surface area (Å²) in [4.78, 5) is 5.01. The van der Waals surface area contributed by atoms with Crippen molar-refractivity contribution in [2.45, 2.75) is 26.2 Å². The molecule has 0 radical (unpaired) electrons. The van der Waals surface area contributed by atoms with Crippen LogP contribution in [0.5, 0.6) is 0 Å². The molecule has 236 valence electrons. The van der Waals surface area contributed by atoms with Gasteiger partial charge in [-0.2, -0.15) is 0 Å². The van der Waals surface area contributed by atoms with Crippen LogP contribution in [0.15, 0.2) is 152 Å². The Morgan fingerprint density at radius 3 is 1.78 bits per heavy atom. The normalized spacial score (nSPS) is 13.8. The predicted octanol–water partition coefficient (Wildman–Crippen LogP) is 10.2. The minimum atomic E-state index is 0.0452. The molecule has 2 aliphatic heterocycles. The maximum Gasteiger partial charge on any atom is 0.253 e. The zero-order chi connectivity index (χ0) is 33.3. The number of hydrogen-bond donors (Lipinski definition) is 0. The molecule has 0 fully saturated rings. The van der Waals surface area contributed by atoms with Crippen molar-refractivity contribution < 1.29 is 0 Å². The van der Waals surface area contributed by atoms with E-state index in [1.54, 1.807) is 0 Å². The van der Waals surface area contributed by atoms with Crippen LogP contribution in [-0.4, -0.2) is 11.1 Å². The lowest BCUT2D eigenvalue weighted by molar-refractivity contribution is 0.591. The number of benzene rings is 7. The third-order valence-corrected chi connectivity index (χ3v) is 11.2. The fourth-order valence-corrected chi connectivity index (χ4v) is 9.11. The number of anilines is 6. The SMILES string of the molecule is CC(C)(C)c1ccc2c(c1)c1cc3c(c4c5ccccc5n2c14)B1c2ccccc2N(c2ccccc2)c2cccc(c21)N3c1ccccc1. The molecular weight excluding hydrogens is 605 g/mol. The summed E-state index contributed by atoms with van der Waals surface area (Å²) < 4.78 is 2.54. The van der Waals surface area contributed by atoms with Gasteiger partial charge in [-0.1, -0.05) is 106 Å². The lowest BCUT2D eigenvalue weighted by atomic mass is 9.33. The second-order valence-corrected chi connectivity index (χ2v) is 15.0. The highest BCUT2D eigenvalue weighted by Crippen LogP contribution is 2.48. The van der Waals surface area contributed by atoms with Crippen LogP contribution in [0.2, 0.25) is 0 Å². The van der Waals surface area contributed by atoms with E-state index >= 15 is 0 Å². The molecule has 0 N–H and O–H groups in total. The van der Waals surface area contributed by atoms with Crippen LogP contribution >= 0.6 is 0 Å². The maximum atomic E-state index is 2.54. The fourth-order valence-electron chi connectivity index (χ4n) is 9.11. The molecule has 0 spiro atoms. The topological polar surface area (TPSA) is 10.9 Å². The van der Waals surface area contributed by atoms with Gasteiger partial charge in [0.25, 0.3) is 6.71 Å². The third kappa shape index (κ3) is 3.55. The molecule has 0 aliphatic carbocycles. The van der Waals surface area contributed by atoms with E-state index in [0.29, 0.717) is 0 Å². The van der Waals surface area contributed by atoms with E-state index in [1.165, 1.54) is 94.2 Å². The Morgan fingerprint density at radius 2 is 1.06 bits per heavy atom. The number of rotatable bonds is 2. The van der Waals surface area contributed by atoms with E-state index < -0.39 is 0 Å². The predicted molar refractivity (Wildman–Crippen MR) is 214 cm³/mol. The molecule has 0 unspecified atom stereocenters. The molecule has 0 bridgehead atoms. The van der Waals surface area contributed by atoms with Crippen LogP contribution in [0.4, 0.5) is 34.1 Å². The molecule has 7 aromatic carbocycles. The average molecular weight is 640 g/mol. The standard InChI is InChI=1S/C46H34BN3/c1-46(2,3)29-25-26-37-33(27-29)34-28-41-44(42-32-19-10-12-21-36(32)50(37)45(34)42)47-35-20-11-13-22-38(35)48(30-15-6-4-7-16-30)39-23-14-24-40(43(39)47)49(41)31-17-8-5-9-18-31/h4-28H,1-3H3. The molecule has 2 aliphatic rings. The monoisotopic (exact) mass is 639 g/mol. The second-order valence-electron chi connectivity index (χ2n) is 15.0. The second kappa shape index (κ2) is 9.80. The Balaban J connectivity index is 1.35. The van der Waals surface area contributed by atoms with Gasteiger partial charge in [0.2, 0.25) is 0 Å². The highest BCUT2D eigenvalue weighted by Gasteiger charge is 2.45. The zero-order valence-electron chi connectivity index (χ0n) is 28.4. The van der Waals surface area contributed by atoms with Crippen LogP contribution in [-0.2, 0) is 5.41 Å². The van der Waals surface area contributed by atoms with Gasteiger partial charge in [0.1, 0.15) is 0 Å². The van der Waals surface area contributed by atoms with E-state index in [9.17, 15) is 0 Å². The molecule has 9 aromatic rings. The Morgan fingerprint density at radius 1 is 0.460 bits per heavy atom. The summed E-state index contributed by atoms with van der Waals surface area (Å²) in [6, 6.07) is 56.5. The summed E-state index contributed by atoms with van der Waals surface area (Å²) in [6.45, 7) is 6.99.